The second-order valence-electron chi connectivity index (χ2n) is 5.34. The van der Waals surface area contributed by atoms with Gasteiger partial charge in [0.05, 0.1) is 12.2 Å². The summed E-state index contributed by atoms with van der Waals surface area (Å²) in [5.74, 6) is -0.267. The first-order valence-electron chi connectivity index (χ1n) is 7.39. The van der Waals surface area contributed by atoms with Crippen molar-refractivity contribution in [1.29, 1.82) is 0 Å². The maximum atomic E-state index is 14.1. The van der Waals surface area contributed by atoms with Crippen LogP contribution in [0.15, 0.2) is 24.3 Å². The van der Waals surface area contributed by atoms with E-state index in [0.29, 0.717) is 23.5 Å². The Morgan fingerprint density at radius 1 is 1.14 bits per heavy atom. The normalized spacial score (nSPS) is 15.7. The Hall–Kier alpha value is -1.79. The van der Waals surface area contributed by atoms with Gasteiger partial charge in [-0.1, -0.05) is 17.3 Å². The Morgan fingerprint density at radius 2 is 1.90 bits per heavy atom. The lowest BCUT2D eigenvalue weighted by atomic mass is 10.1. The molecule has 0 atom stereocenters. The largest absolute Gasteiger partial charge is 0.325 e. The predicted octanol–water partition coefficient (Wildman–Crippen LogP) is 1.64. The Morgan fingerprint density at radius 3 is 2.62 bits per heavy atom. The quantitative estimate of drug-likeness (QED) is 0.909. The second kappa shape index (κ2) is 6.32. The van der Waals surface area contributed by atoms with Gasteiger partial charge < -0.3 is 10.6 Å². The predicted molar refractivity (Wildman–Crippen MR) is 79.0 cm³/mol. The number of rotatable bonds is 5. The summed E-state index contributed by atoms with van der Waals surface area (Å²) >= 11 is 0. The molecular formula is C15H20FN5. The number of halogens is 1. The number of hydrogen-bond donors (Lipinski definition) is 1. The van der Waals surface area contributed by atoms with Gasteiger partial charge in [0, 0.05) is 18.7 Å². The van der Waals surface area contributed by atoms with Crippen LogP contribution in [0.2, 0.25) is 0 Å². The van der Waals surface area contributed by atoms with Gasteiger partial charge in [-0.25, -0.2) is 9.07 Å². The molecule has 0 aliphatic carbocycles. The summed E-state index contributed by atoms with van der Waals surface area (Å²) in [6.45, 7) is 4.14. The van der Waals surface area contributed by atoms with Crippen LogP contribution >= 0.6 is 0 Å². The lowest BCUT2D eigenvalue weighted by molar-refractivity contribution is 0.315. The summed E-state index contributed by atoms with van der Waals surface area (Å²) in [6.07, 6.45) is 2.51. The molecule has 0 bridgehead atoms. The van der Waals surface area contributed by atoms with Crippen molar-refractivity contribution < 1.29 is 4.39 Å². The smallest absolute Gasteiger partial charge is 0.132 e. The van der Waals surface area contributed by atoms with Crippen LogP contribution in [0.3, 0.4) is 0 Å². The molecule has 0 radical (unpaired) electrons. The minimum absolute atomic E-state index is 0.257. The molecule has 0 unspecified atom stereocenters. The summed E-state index contributed by atoms with van der Waals surface area (Å²) in [5.41, 5.74) is 7.58. The first-order chi connectivity index (χ1) is 10.3. The summed E-state index contributed by atoms with van der Waals surface area (Å²) < 4.78 is 15.8. The summed E-state index contributed by atoms with van der Waals surface area (Å²) in [7, 11) is 0. The van der Waals surface area contributed by atoms with Crippen LogP contribution in [-0.2, 0) is 13.1 Å². The van der Waals surface area contributed by atoms with Crippen molar-refractivity contribution in [2.75, 3.05) is 19.6 Å². The minimum Gasteiger partial charge on any atom is -0.325 e. The van der Waals surface area contributed by atoms with E-state index in [9.17, 15) is 4.39 Å². The lowest BCUT2D eigenvalue weighted by Gasteiger charge is -2.15. The molecule has 5 nitrogen and oxygen atoms in total. The molecular weight excluding hydrogens is 269 g/mol. The van der Waals surface area contributed by atoms with Gasteiger partial charge in [0.15, 0.2) is 0 Å². The Balaban J connectivity index is 1.87. The van der Waals surface area contributed by atoms with E-state index in [-0.39, 0.29) is 12.4 Å². The highest BCUT2D eigenvalue weighted by Gasteiger charge is 2.18. The van der Waals surface area contributed by atoms with Gasteiger partial charge in [0.2, 0.25) is 0 Å². The van der Waals surface area contributed by atoms with E-state index in [1.807, 2.05) is 6.07 Å². The average molecular weight is 289 g/mol. The Kier molecular flexibility index (Phi) is 4.26. The summed E-state index contributed by atoms with van der Waals surface area (Å²) in [6, 6.07) is 6.70. The fourth-order valence-corrected chi connectivity index (χ4v) is 2.83. The fourth-order valence-electron chi connectivity index (χ4n) is 2.83. The molecule has 0 spiro atoms. The van der Waals surface area contributed by atoms with Crippen molar-refractivity contribution >= 4 is 0 Å². The van der Waals surface area contributed by atoms with Gasteiger partial charge >= 0.3 is 0 Å². The van der Waals surface area contributed by atoms with Crippen molar-refractivity contribution in [3.05, 3.63) is 35.8 Å². The number of hydrogen-bond acceptors (Lipinski definition) is 4. The third kappa shape index (κ3) is 2.96. The van der Waals surface area contributed by atoms with Crippen LogP contribution < -0.4 is 5.73 Å². The van der Waals surface area contributed by atoms with Gasteiger partial charge in [-0.15, -0.1) is 5.10 Å². The van der Waals surface area contributed by atoms with E-state index in [1.165, 1.54) is 18.9 Å². The van der Waals surface area contributed by atoms with Crippen molar-refractivity contribution in [2.45, 2.75) is 25.9 Å². The second-order valence-corrected chi connectivity index (χ2v) is 5.34. The van der Waals surface area contributed by atoms with Crippen LogP contribution in [-0.4, -0.2) is 39.5 Å². The summed E-state index contributed by atoms with van der Waals surface area (Å²) in [5, 5.41) is 8.26. The van der Waals surface area contributed by atoms with Crippen LogP contribution in [0.25, 0.3) is 11.3 Å². The van der Waals surface area contributed by atoms with Gasteiger partial charge in [-0.05, 0) is 38.1 Å². The van der Waals surface area contributed by atoms with Crippen molar-refractivity contribution in [1.82, 2.24) is 19.9 Å². The van der Waals surface area contributed by atoms with Crippen LogP contribution in [0, 0.1) is 5.82 Å². The van der Waals surface area contributed by atoms with Crippen LogP contribution in [0.1, 0.15) is 18.5 Å². The molecule has 21 heavy (non-hydrogen) atoms. The molecule has 3 rings (SSSR count). The molecule has 0 saturated carbocycles. The monoisotopic (exact) mass is 289 g/mol. The lowest BCUT2D eigenvalue weighted by Crippen LogP contribution is -2.24. The molecule has 1 saturated heterocycles. The zero-order valence-corrected chi connectivity index (χ0v) is 12.0. The highest BCUT2D eigenvalue weighted by molar-refractivity contribution is 5.62. The highest BCUT2D eigenvalue weighted by Crippen LogP contribution is 2.25. The molecule has 1 fully saturated rings. The van der Waals surface area contributed by atoms with Crippen molar-refractivity contribution in [2.24, 2.45) is 5.73 Å². The Bertz CT molecular complexity index is 604. The number of aromatic nitrogens is 3. The van der Waals surface area contributed by atoms with Gasteiger partial charge in [0.1, 0.15) is 11.5 Å². The summed E-state index contributed by atoms with van der Waals surface area (Å²) in [4.78, 5) is 2.40. The first-order valence-corrected chi connectivity index (χ1v) is 7.39. The van der Waals surface area contributed by atoms with Crippen LogP contribution in [0.5, 0.6) is 0 Å². The fraction of sp³-hybridized carbons (Fsp3) is 0.467. The maximum absolute atomic E-state index is 14.1. The van der Waals surface area contributed by atoms with E-state index < -0.39 is 0 Å². The standard InChI is InChI=1S/C15H20FN5/c16-13-6-2-1-5-12(13)15-14(11-17)18-19-21(15)10-9-20-7-3-4-8-20/h1-2,5-6H,3-4,7-11,17H2. The van der Waals surface area contributed by atoms with Gasteiger partial charge in [-0.2, -0.15) is 0 Å². The molecule has 2 heterocycles. The molecule has 1 aromatic carbocycles. The van der Waals surface area contributed by atoms with E-state index in [1.54, 1.807) is 16.8 Å². The zero-order chi connectivity index (χ0) is 14.7. The van der Waals surface area contributed by atoms with E-state index in [2.05, 4.69) is 15.2 Å². The molecule has 6 heteroatoms. The van der Waals surface area contributed by atoms with E-state index >= 15 is 0 Å². The number of nitrogens with zero attached hydrogens (tertiary/aromatic N) is 4. The number of benzene rings is 1. The topological polar surface area (TPSA) is 60.0 Å². The SMILES string of the molecule is NCc1nnn(CCN2CCCC2)c1-c1ccccc1F. The zero-order valence-electron chi connectivity index (χ0n) is 12.0. The van der Waals surface area contributed by atoms with Crippen molar-refractivity contribution in [3.8, 4) is 11.3 Å². The molecule has 1 aliphatic heterocycles. The molecule has 1 aliphatic rings. The number of likely N-dealkylation sites (tertiary alicyclic amines) is 1. The molecule has 0 amide bonds. The minimum atomic E-state index is -0.267. The van der Waals surface area contributed by atoms with Crippen molar-refractivity contribution in [3.63, 3.8) is 0 Å². The molecule has 112 valence electrons. The number of nitrogens with two attached hydrogens (primary N) is 1. The first kappa shape index (κ1) is 14.2. The maximum Gasteiger partial charge on any atom is 0.132 e. The van der Waals surface area contributed by atoms with Crippen LogP contribution in [0.4, 0.5) is 4.39 Å². The van der Waals surface area contributed by atoms with Gasteiger partial charge in [-0.3, -0.25) is 0 Å². The van der Waals surface area contributed by atoms with Gasteiger partial charge in [0.25, 0.3) is 0 Å². The Labute approximate surface area is 123 Å². The van der Waals surface area contributed by atoms with E-state index in [0.717, 1.165) is 19.6 Å². The van der Waals surface area contributed by atoms with E-state index in [4.69, 9.17) is 5.73 Å². The average Bonchev–Trinajstić information content (AvgIpc) is 3.14. The third-order valence-corrected chi connectivity index (χ3v) is 3.95. The molecule has 1 aromatic heterocycles. The highest BCUT2D eigenvalue weighted by atomic mass is 19.1. The molecule has 2 aromatic rings. The third-order valence-electron chi connectivity index (χ3n) is 3.95. The molecule has 2 N–H and O–H groups in total.